The monoisotopic (exact) mass is 351 g/mol. The summed E-state index contributed by atoms with van der Waals surface area (Å²) in [6, 6.07) is 18.8. The van der Waals surface area contributed by atoms with E-state index in [0.29, 0.717) is 12.2 Å². The first kappa shape index (κ1) is 17.0. The Labute approximate surface area is 151 Å². The Hall–Kier alpha value is -2.85. The molecule has 25 heavy (non-hydrogen) atoms. The van der Waals surface area contributed by atoms with E-state index in [4.69, 9.17) is 11.6 Å². The van der Waals surface area contributed by atoms with Gasteiger partial charge < -0.3 is 10.6 Å². The standard InChI is InChI=1S/C20H18ClN3O/c1-14-4-2-3-5-18(14)24-20(25)19-11-10-17(13-23-19)22-12-15-6-8-16(21)9-7-15/h2-11,13,22H,12H2,1H3,(H,24,25). The molecule has 5 heteroatoms. The quantitative estimate of drug-likeness (QED) is 0.686. The number of para-hydroxylation sites is 1. The van der Waals surface area contributed by atoms with Crippen molar-refractivity contribution in [3.8, 4) is 0 Å². The minimum absolute atomic E-state index is 0.224. The number of anilines is 2. The molecule has 0 saturated heterocycles. The fourth-order valence-corrected chi connectivity index (χ4v) is 2.46. The molecule has 0 spiro atoms. The number of aromatic nitrogens is 1. The third-order valence-electron chi connectivity index (χ3n) is 3.80. The maximum atomic E-state index is 12.3. The van der Waals surface area contributed by atoms with Gasteiger partial charge in [0.2, 0.25) is 0 Å². The van der Waals surface area contributed by atoms with Crippen LogP contribution >= 0.6 is 11.6 Å². The molecule has 1 aromatic heterocycles. The molecule has 0 atom stereocenters. The second-order valence-corrected chi connectivity index (χ2v) is 6.12. The number of carbonyl (C=O) groups excluding carboxylic acids is 1. The lowest BCUT2D eigenvalue weighted by atomic mass is 10.2. The van der Waals surface area contributed by atoms with Crippen molar-refractivity contribution in [1.82, 2.24) is 4.98 Å². The molecule has 1 heterocycles. The molecule has 0 aliphatic carbocycles. The van der Waals surface area contributed by atoms with Crippen molar-refractivity contribution in [3.63, 3.8) is 0 Å². The van der Waals surface area contributed by atoms with Crippen LogP contribution in [0, 0.1) is 6.92 Å². The molecule has 2 aromatic carbocycles. The smallest absolute Gasteiger partial charge is 0.274 e. The number of aryl methyl sites for hydroxylation is 1. The molecule has 4 nitrogen and oxygen atoms in total. The van der Waals surface area contributed by atoms with Crippen LogP contribution in [0.1, 0.15) is 21.6 Å². The number of halogens is 1. The fraction of sp³-hybridized carbons (Fsp3) is 0.100. The number of amides is 1. The van der Waals surface area contributed by atoms with Gasteiger partial charge in [0.1, 0.15) is 5.69 Å². The van der Waals surface area contributed by atoms with Crippen LogP contribution < -0.4 is 10.6 Å². The van der Waals surface area contributed by atoms with Crippen molar-refractivity contribution >= 4 is 28.9 Å². The lowest BCUT2D eigenvalue weighted by Crippen LogP contribution is -2.14. The zero-order valence-electron chi connectivity index (χ0n) is 13.8. The third-order valence-corrected chi connectivity index (χ3v) is 4.05. The molecule has 0 aliphatic rings. The predicted molar refractivity (Wildman–Crippen MR) is 102 cm³/mol. The van der Waals surface area contributed by atoms with Gasteiger partial charge in [-0.3, -0.25) is 4.79 Å². The Morgan fingerprint density at radius 2 is 1.80 bits per heavy atom. The van der Waals surface area contributed by atoms with Crippen molar-refractivity contribution in [1.29, 1.82) is 0 Å². The van der Waals surface area contributed by atoms with Crippen LogP contribution in [0.3, 0.4) is 0 Å². The van der Waals surface area contributed by atoms with Crippen LogP contribution in [0.4, 0.5) is 11.4 Å². The molecule has 0 bridgehead atoms. The molecule has 0 radical (unpaired) electrons. The van der Waals surface area contributed by atoms with Gasteiger partial charge in [-0.1, -0.05) is 41.9 Å². The zero-order chi connectivity index (χ0) is 17.6. The molecule has 3 aromatic rings. The van der Waals surface area contributed by atoms with Gasteiger partial charge >= 0.3 is 0 Å². The van der Waals surface area contributed by atoms with E-state index in [1.165, 1.54) is 0 Å². The average molecular weight is 352 g/mol. The summed E-state index contributed by atoms with van der Waals surface area (Å²) >= 11 is 5.88. The maximum Gasteiger partial charge on any atom is 0.274 e. The van der Waals surface area contributed by atoms with E-state index in [2.05, 4.69) is 15.6 Å². The van der Waals surface area contributed by atoms with Crippen LogP contribution in [0.15, 0.2) is 66.9 Å². The highest BCUT2D eigenvalue weighted by Crippen LogP contribution is 2.15. The Morgan fingerprint density at radius 3 is 2.48 bits per heavy atom. The first-order valence-electron chi connectivity index (χ1n) is 7.93. The zero-order valence-corrected chi connectivity index (χ0v) is 14.5. The summed E-state index contributed by atoms with van der Waals surface area (Å²) in [5, 5.41) is 6.86. The number of carbonyl (C=O) groups is 1. The molecule has 126 valence electrons. The number of nitrogens with one attached hydrogen (secondary N) is 2. The van der Waals surface area contributed by atoms with Gasteiger partial charge in [-0.05, 0) is 48.4 Å². The van der Waals surface area contributed by atoms with E-state index in [1.54, 1.807) is 12.3 Å². The topological polar surface area (TPSA) is 54.0 Å². The minimum Gasteiger partial charge on any atom is -0.380 e. The summed E-state index contributed by atoms with van der Waals surface area (Å²) in [5.41, 5.74) is 4.14. The Morgan fingerprint density at radius 1 is 1.04 bits per heavy atom. The first-order valence-corrected chi connectivity index (χ1v) is 8.31. The van der Waals surface area contributed by atoms with Crippen molar-refractivity contribution < 1.29 is 4.79 Å². The molecule has 0 unspecified atom stereocenters. The summed E-state index contributed by atoms with van der Waals surface area (Å²) in [6.45, 7) is 2.61. The second kappa shape index (κ2) is 7.81. The number of benzene rings is 2. The van der Waals surface area contributed by atoms with Crippen molar-refractivity contribution in [3.05, 3.63) is 88.7 Å². The summed E-state index contributed by atoms with van der Waals surface area (Å²) in [4.78, 5) is 16.5. The average Bonchev–Trinajstić information content (AvgIpc) is 2.63. The molecular weight excluding hydrogens is 334 g/mol. The second-order valence-electron chi connectivity index (χ2n) is 5.68. The SMILES string of the molecule is Cc1ccccc1NC(=O)c1ccc(NCc2ccc(Cl)cc2)cn1. The van der Waals surface area contributed by atoms with Crippen LogP contribution in [0.5, 0.6) is 0 Å². The molecule has 3 rings (SSSR count). The van der Waals surface area contributed by atoms with Gasteiger partial charge in [0, 0.05) is 17.3 Å². The van der Waals surface area contributed by atoms with Crippen molar-refractivity contribution in [2.24, 2.45) is 0 Å². The third kappa shape index (κ3) is 4.58. The van der Waals surface area contributed by atoms with Crippen LogP contribution in [-0.2, 0) is 6.54 Å². The lowest BCUT2D eigenvalue weighted by molar-refractivity contribution is 0.102. The molecular formula is C20H18ClN3O. The van der Waals surface area contributed by atoms with Gasteiger partial charge in [-0.25, -0.2) is 4.98 Å². The van der Waals surface area contributed by atoms with E-state index < -0.39 is 0 Å². The summed E-state index contributed by atoms with van der Waals surface area (Å²) in [7, 11) is 0. The van der Waals surface area contributed by atoms with Gasteiger partial charge in [-0.2, -0.15) is 0 Å². The Kier molecular flexibility index (Phi) is 5.31. The molecule has 0 fully saturated rings. The highest BCUT2D eigenvalue weighted by Gasteiger charge is 2.08. The molecule has 1 amide bonds. The van der Waals surface area contributed by atoms with E-state index in [-0.39, 0.29) is 5.91 Å². The van der Waals surface area contributed by atoms with Gasteiger partial charge in [0.05, 0.1) is 11.9 Å². The van der Waals surface area contributed by atoms with E-state index in [0.717, 1.165) is 27.5 Å². The maximum absolute atomic E-state index is 12.3. The number of rotatable bonds is 5. The highest BCUT2D eigenvalue weighted by atomic mass is 35.5. The van der Waals surface area contributed by atoms with Crippen molar-refractivity contribution in [2.75, 3.05) is 10.6 Å². The number of nitrogens with zero attached hydrogens (tertiary/aromatic N) is 1. The lowest BCUT2D eigenvalue weighted by Gasteiger charge is -2.09. The minimum atomic E-state index is -0.224. The first-order chi connectivity index (χ1) is 12.1. The van der Waals surface area contributed by atoms with Crippen LogP contribution in [0.2, 0.25) is 5.02 Å². The van der Waals surface area contributed by atoms with E-state index in [1.807, 2.05) is 61.5 Å². The Bertz CT molecular complexity index is 861. The number of hydrogen-bond acceptors (Lipinski definition) is 3. The fourth-order valence-electron chi connectivity index (χ4n) is 2.34. The highest BCUT2D eigenvalue weighted by molar-refractivity contribution is 6.30. The molecule has 0 aliphatic heterocycles. The van der Waals surface area contributed by atoms with Gasteiger partial charge in [-0.15, -0.1) is 0 Å². The van der Waals surface area contributed by atoms with Crippen molar-refractivity contribution in [2.45, 2.75) is 13.5 Å². The largest absolute Gasteiger partial charge is 0.380 e. The Balaban J connectivity index is 1.60. The molecule has 0 saturated carbocycles. The number of hydrogen-bond donors (Lipinski definition) is 2. The van der Waals surface area contributed by atoms with Gasteiger partial charge in [0.25, 0.3) is 5.91 Å². The van der Waals surface area contributed by atoms with Crippen LogP contribution in [0.25, 0.3) is 0 Å². The number of pyridine rings is 1. The van der Waals surface area contributed by atoms with E-state index in [9.17, 15) is 4.79 Å². The van der Waals surface area contributed by atoms with Gasteiger partial charge in [0.15, 0.2) is 0 Å². The summed E-state index contributed by atoms with van der Waals surface area (Å²) < 4.78 is 0. The van der Waals surface area contributed by atoms with Crippen LogP contribution in [-0.4, -0.2) is 10.9 Å². The summed E-state index contributed by atoms with van der Waals surface area (Å²) in [6.07, 6.45) is 1.66. The van der Waals surface area contributed by atoms with E-state index >= 15 is 0 Å². The summed E-state index contributed by atoms with van der Waals surface area (Å²) in [5.74, 6) is -0.224. The predicted octanol–water partition coefficient (Wildman–Crippen LogP) is 4.91. The molecule has 2 N–H and O–H groups in total. The normalized spacial score (nSPS) is 10.3.